The second kappa shape index (κ2) is 11.0. The second-order valence-corrected chi connectivity index (χ2v) is 10.8. The summed E-state index contributed by atoms with van der Waals surface area (Å²) >= 11 is 0. The van der Waals surface area contributed by atoms with Crippen LogP contribution in [0.4, 0.5) is 4.39 Å². The predicted octanol–water partition coefficient (Wildman–Crippen LogP) is 8.69. The Labute approximate surface area is 189 Å². The highest BCUT2D eigenvalue weighted by Gasteiger charge is 2.39. The van der Waals surface area contributed by atoms with E-state index in [9.17, 15) is 4.39 Å². The number of fused-ring (bicyclic) bond motifs is 1. The maximum Gasteiger partial charge on any atom is 0.130 e. The van der Waals surface area contributed by atoms with E-state index in [1.54, 1.807) is 6.07 Å². The molecule has 31 heavy (non-hydrogen) atoms. The zero-order valence-electron chi connectivity index (χ0n) is 19.7. The highest BCUT2D eigenvalue weighted by Crippen LogP contribution is 2.51. The molecule has 172 valence electrons. The van der Waals surface area contributed by atoms with Gasteiger partial charge in [0.15, 0.2) is 0 Å². The van der Waals surface area contributed by atoms with Crippen molar-refractivity contribution in [3.8, 4) is 5.75 Å². The van der Waals surface area contributed by atoms with Crippen molar-refractivity contribution in [2.45, 2.75) is 96.3 Å². The van der Waals surface area contributed by atoms with Crippen LogP contribution in [0.1, 0.15) is 102 Å². The molecule has 3 aliphatic carbocycles. The molecule has 0 aliphatic heterocycles. The van der Waals surface area contributed by atoms with Gasteiger partial charge in [0.25, 0.3) is 0 Å². The van der Waals surface area contributed by atoms with Gasteiger partial charge in [-0.1, -0.05) is 44.7 Å². The summed E-state index contributed by atoms with van der Waals surface area (Å²) in [4.78, 5) is 0. The van der Waals surface area contributed by atoms with E-state index in [1.165, 1.54) is 70.6 Å². The number of benzene rings is 1. The van der Waals surface area contributed by atoms with E-state index in [2.05, 4.69) is 13.5 Å². The molecule has 0 bridgehead atoms. The summed E-state index contributed by atoms with van der Waals surface area (Å²) in [5.74, 6) is 5.67. The van der Waals surface area contributed by atoms with Gasteiger partial charge in [-0.2, -0.15) is 0 Å². The average molecular weight is 427 g/mol. The number of rotatable bonds is 8. The Kier molecular flexibility index (Phi) is 8.13. The van der Waals surface area contributed by atoms with Crippen molar-refractivity contribution in [1.29, 1.82) is 0 Å². The third-order valence-electron chi connectivity index (χ3n) is 8.91. The van der Waals surface area contributed by atoms with E-state index in [0.717, 1.165) is 48.0 Å². The predicted molar refractivity (Wildman–Crippen MR) is 128 cm³/mol. The van der Waals surface area contributed by atoms with Crippen LogP contribution < -0.4 is 4.74 Å². The van der Waals surface area contributed by atoms with Gasteiger partial charge in [-0.3, -0.25) is 0 Å². The van der Waals surface area contributed by atoms with Crippen molar-refractivity contribution >= 4 is 0 Å². The zero-order valence-corrected chi connectivity index (χ0v) is 19.7. The standard InChI is InChI=1S/C29H43FO/c1-3-5-17-31-27-15-16-28(29(30)20-27)26-14-13-24-18-23(11-12-25(24)19-26)22-9-7-21(6-4-2)8-10-22/h3,15-16,20-26H,1,4-14,17-19H2,2H3. The molecular formula is C29H43FO. The van der Waals surface area contributed by atoms with Crippen LogP contribution in [0.2, 0.25) is 0 Å². The van der Waals surface area contributed by atoms with Gasteiger partial charge in [-0.15, -0.1) is 6.58 Å². The third kappa shape index (κ3) is 5.74. The fraction of sp³-hybridized carbons (Fsp3) is 0.724. The van der Waals surface area contributed by atoms with E-state index in [1.807, 2.05) is 18.2 Å². The van der Waals surface area contributed by atoms with Crippen LogP contribution in [-0.2, 0) is 0 Å². The highest BCUT2D eigenvalue weighted by molar-refractivity contribution is 5.31. The van der Waals surface area contributed by atoms with Crippen LogP contribution in [0.5, 0.6) is 5.75 Å². The number of halogens is 1. The van der Waals surface area contributed by atoms with Crippen molar-refractivity contribution in [2.75, 3.05) is 6.61 Å². The molecular weight excluding hydrogens is 383 g/mol. The first-order valence-corrected chi connectivity index (χ1v) is 13.2. The molecule has 3 aliphatic rings. The fourth-order valence-corrected chi connectivity index (χ4v) is 7.18. The number of ether oxygens (including phenoxy) is 1. The second-order valence-electron chi connectivity index (χ2n) is 10.8. The summed E-state index contributed by atoms with van der Waals surface area (Å²) < 4.78 is 20.5. The van der Waals surface area contributed by atoms with Gasteiger partial charge in [0.05, 0.1) is 6.61 Å². The Morgan fingerprint density at radius 2 is 1.61 bits per heavy atom. The average Bonchev–Trinajstić information content (AvgIpc) is 2.79. The van der Waals surface area contributed by atoms with Crippen LogP contribution in [0.25, 0.3) is 0 Å². The fourth-order valence-electron chi connectivity index (χ4n) is 7.18. The largest absolute Gasteiger partial charge is 0.493 e. The molecule has 4 atom stereocenters. The first-order chi connectivity index (χ1) is 15.2. The van der Waals surface area contributed by atoms with Gasteiger partial charge < -0.3 is 4.74 Å². The Balaban J connectivity index is 1.28. The molecule has 1 nitrogen and oxygen atoms in total. The summed E-state index contributed by atoms with van der Waals surface area (Å²) in [5, 5.41) is 0. The molecule has 4 rings (SSSR count). The lowest BCUT2D eigenvalue weighted by Crippen LogP contribution is -2.34. The lowest BCUT2D eigenvalue weighted by Gasteiger charge is -2.45. The van der Waals surface area contributed by atoms with Crippen LogP contribution in [0.3, 0.4) is 0 Å². The van der Waals surface area contributed by atoms with Crippen LogP contribution in [-0.4, -0.2) is 6.61 Å². The first kappa shape index (κ1) is 22.9. The molecule has 0 aromatic heterocycles. The summed E-state index contributed by atoms with van der Waals surface area (Å²) in [6.07, 6.45) is 19.3. The Bertz CT molecular complexity index is 705. The van der Waals surface area contributed by atoms with Crippen molar-refractivity contribution < 1.29 is 9.13 Å². The Morgan fingerprint density at radius 1 is 0.935 bits per heavy atom. The Morgan fingerprint density at radius 3 is 2.32 bits per heavy atom. The zero-order chi connectivity index (χ0) is 21.6. The Hall–Kier alpha value is -1.31. The summed E-state index contributed by atoms with van der Waals surface area (Å²) in [6, 6.07) is 5.54. The monoisotopic (exact) mass is 426 g/mol. The van der Waals surface area contributed by atoms with Crippen LogP contribution >= 0.6 is 0 Å². The van der Waals surface area contributed by atoms with Crippen LogP contribution in [0.15, 0.2) is 30.9 Å². The third-order valence-corrected chi connectivity index (χ3v) is 8.91. The molecule has 3 fully saturated rings. The van der Waals surface area contributed by atoms with Gasteiger partial charge in [0.1, 0.15) is 11.6 Å². The topological polar surface area (TPSA) is 9.23 Å². The summed E-state index contributed by atoms with van der Waals surface area (Å²) in [5.41, 5.74) is 0.922. The molecule has 0 amide bonds. The minimum Gasteiger partial charge on any atom is -0.493 e. The minimum absolute atomic E-state index is 0.0721. The molecule has 1 aromatic rings. The minimum atomic E-state index is -0.0721. The van der Waals surface area contributed by atoms with E-state index in [-0.39, 0.29) is 5.82 Å². The van der Waals surface area contributed by atoms with Gasteiger partial charge in [-0.05, 0) is 105 Å². The SMILES string of the molecule is C=CCCOc1ccc(C2CCC3CC(C4CCC(CCC)CC4)CCC3C2)c(F)c1. The van der Waals surface area contributed by atoms with Gasteiger partial charge in [0, 0.05) is 6.07 Å². The molecule has 0 saturated heterocycles. The lowest BCUT2D eigenvalue weighted by molar-refractivity contribution is 0.0708. The van der Waals surface area contributed by atoms with Crippen molar-refractivity contribution in [3.05, 3.63) is 42.2 Å². The van der Waals surface area contributed by atoms with E-state index < -0.39 is 0 Å². The molecule has 0 N–H and O–H groups in total. The maximum atomic E-state index is 14.9. The van der Waals surface area contributed by atoms with Gasteiger partial charge in [-0.25, -0.2) is 4.39 Å². The van der Waals surface area contributed by atoms with Gasteiger partial charge in [0.2, 0.25) is 0 Å². The molecule has 0 radical (unpaired) electrons. The van der Waals surface area contributed by atoms with E-state index in [4.69, 9.17) is 4.74 Å². The van der Waals surface area contributed by atoms with E-state index >= 15 is 0 Å². The van der Waals surface area contributed by atoms with E-state index in [0.29, 0.717) is 18.3 Å². The van der Waals surface area contributed by atoms with Gasteiger partial charge >= 0.3 is 0 Å². The summed E-state index contributed by atoms with van der Waals surface area (Å²) in [6.45, 7) is 6.61. The lowest BCUT2D eigenvalue weighted by atomic mass is 9.60. The molecule has 0 heterocycles. The van der Waals surface area contributed by atoms with Crippen molar-refractivity contribution in [3.63, 3.8) is 0 Å². The molecule has 2 heteroatoms. The maximum absolute atomic E-state index is 14.9. The van der Waals surface area contributed by atoms with Crippen molar-refractivity contribution in [2.24, 2.45) is 29.6 Å². The number of hydrogen-bond donors (Lipinski definition) is 0. The quantitative estimate of drug-likeness (QED) is 0.298. The molecule has 0 spiro atoms. The first-order valence-electron chi connectivity index (χ1n) is 13.2. The highest BCUT2D eigenvalue weighted by atomic mass is 19.1. The molecule has 3 saturated carbocycles. The molecule has 1 aromatic carbocycles. The van der Waals surface area contributed by atoms with Crippen molar-refractivity contribution in [1.82, 2.24) is 0 Å². The molecule has 4 unspecified atom stereocenters. The normalized spacial score (nSPS) is 33.5. The smallest absolute Gasteiger partial charge is 0.130 e. The summed E-state index contributed by atoms with van der Waals surface area (Å²) in [7, 11) is 0. The van der Waals surface area contributed by atoms with Crippen LogP contribution in [0, 0.1) is 35.4 Å². The number of hydrogen-bond acceptors (Lipinski definition) is 1.